The fourth-order valence-electron chi connectivity index (χ4n) is 8.53. The molecule has 236 valence electrons. The first-order chi connectivity index (χ1) is 24.3. The van der Waals surface area contributed by atoms with Crippen molar-refractivity contribution in [3.05, 3.63) is 204 Å². The minimum Gasteiger partial charge on any atom is -0.310 e. The number of hydrogen-bond acceptors (Lipinski definition) is 2. The van der Waals surface area contributed by atoms with Gasteiger partial charge in [-0.05, 0) is 120 Å². The van der Waals surface area contributed by atoms with Gasteiger partial charge in [0.25, 0.3) is 0 Å². The summed E-state index contributed by atoms with van der Waals surface area (Å²) in [7, 11) is 0. The Morgan fingerprint density at radius 2 is 0.694 bits per heavy atom. The van der Waals surface area contributed by atoms with E-state index in [0.717, 1.165) is 25.7 Å². The van der Waals surface area contributed by atoms with Crippen molar-refractivity contribution in [2.75, 3.05) is 9.80 Å². The summed E-state index contributed by atoms with van der Waals surface area (Å²) in [5.74, 6) is 0. The Morgan fingerprint density at radius 1 is 0.327 bits per heavy atom. The molecule has 2 aliphatic rings. The van der Waals surface area contributed by atoms with E-state index in [2.05, 4.69) is 192 Å². The van der Waals surface area contributed by atoms with Crippen molar-refractivity contribution in [1.82, 2.24) is 0 Å². The lowest BCUT2D eigenvalue weighted by Crippen LogP contribution is -2.27. The van der Waals surface area contributed by atoms with Crippen LogP contribution in [0, 0.1) is 0 Å². The molecule has 0 fully saturated rings. The number of nitrogens with zero attached hydrogens (tertiary/aromatic N) is 2. The zero-order chi connectivity index (χ0) is 32.6. The molecule has 0 unspecified atom stereocenters. The highest BCUT2D eigenvalue weighted by atomic mass is 15.2. The summed E-state index contributed by atoms with van der Waals surface area (Å²) in [5.41, 5.74) is 15.5. The van der Waals surface area contributed by atoms with E-state index in [-0.39, 0.29) is 5.41 Å². The number of aryl methyl sites for hydroxylation is 2. The topological polar surface area (TPSA) is 6.48 Å². The summed E-state index contributed by atoms with van der Waals surface area (Å²) in [6, 6.07) is 66.4. The molecule has 0 aliphatic heterocycles. The van der Waals surface area contributed by atoms with E-state index in [1.807, 2.05) is 0 Å². The Morgan fingerprint density at radius 3 is 1.12 bits per heavy atom. The molecule has 0 radical (unpaired) electrons. The lowest BCUT2D eigenvalue weighted by Gasteiger charge is -2.37. The second kappa shape index (κ2) is 12.3. The third kappa shape index (κ3) is 5.03. The molecule has 49 heavy (non-hydrogen) atoms. The quantitative estimate of drug-likeness (QED) is 0.173. The Bertz CT molecular complexity index is 2170. The minimum absolute atomic E-state index is 0.101. The Hall–Kier alpha value is -5.86. The van der Waals surface area contributed by atoms with Crippen LogP contribution in [0.5, 0.6) is 0 Å². The smallest absolute Gasteiger partial charge is 0.0505 e. The molecular formula is C47H38N2. The van der Waals surface area contributed by atoms with E-state index >= 15 is 0 Å². The van der Waals surface area contributed by atoms with E-state index in [9.17, 15) is 0 Å². The molecule has 0 amide bonds. The summed E-state index contributed by atoms with van der Waals surface area (Å²) in [6.45, 7) is 0. The first-order valence-electron chi connectivity index (χ1n) is 17.5. The first kappa shape index (κ1) is 29.3. The van der Waals surface area contributed by atoms with Crippen molar-refractivity contribution in [2.45, 2.75) is 31.1 Å². The van der Waals surface area contributed by atoms with Crippen molar-refractivity contribution in [1.29, 1.82) is 0 Å². The van der Waals surface area contributed by atoms with Crippen molar-refractivity contribution < 1.29 is 0 Å². The molecule has 1 spiro atoms. The van der Waals surface area contributed by atoms with Gasteiger partial charge in [0.2, 0.25) is 0 Å². The van der Waals surface area contributed by atoms with Crippen LogP contribution in [-0.2, 0) is 18.3 Å². The molecule has 7 aromatic carbocycles. The maximum absolute atomic E-state index is 2.49. The normalized spacial score (nSPS) is 15.9. The van der Waals surface area contributed by atoms with Crippen molar-refractivity contribution in [3.8, 4) is 11.1 Å². The van der Waals surface area contributed by atoms with Crippen LogP contribution in [0.25, 0.3) is 11.1 Å². The van der Waals surface area contributed by atoms with Crippen LogP contribution in [0.1, 0.15) is 35.1 Å². The molecule has 2 aliphatic carbocycles. The van der Waals surface area contributed by atoms with Crippen LogP contribution in [0.2, 0.25) is 0 Å². The average Bonchev–Trinajstić information content (AvgIpc) is 3.75. The average molecular weight is 631 g/mol. The number of hydrogen-bond donors (Lipinski definition) is 0. The van der Waals surface area contributed by atoms with Gasteiger partial charge in [-0.1, -0.05) is 121 Å². The van der Waals surface area contributed by atoms with Crippen LogP contribution < -0.4 is 9.80 Å². The van der Waals surface area contributed by atoms with Gasteiger partial charge in [0.05, 0.1) is 11.4 Å². The van der Waals surface area contributed by atoms with Crippen LogP contribution >= 0.6 is 0 Å². The lowest BCUT2D eigenvalue weighted by molar-refractivity contribution is 0.508. The summed E-state index contributed by atoms with van der Waals surface area (Å²) < 4.78 is 0. The fourth-order valence-corrected chi connectivity index (χ4v) is 8.53. The van der Waals surface area contributed by atoms with Crippen molar-refractivity contribution in [3.63, 3.8) is 0 Å². The zero-order valence-corrected chi connectivity index (χ0v) is 27.5. The molecule has 0 saturated carbocycles. The number of anilines is 6. The predicted octanol–water partition coefficient (Wildman–Crippen LogP) is 12.5. The Balaban J connectivity index is 1.24. The predicted molar refractivity (Wildman–Crippen MR) is 205 cm³/mol. The second-order valence-corrected chi connectivity index (χ2v) is 13.3. The van der Waals surface area contributed by atoms with Gasteiger partial charge in [0.15, 0.2) is 0 Å². The van der Waals surface area contributed by atoms with Crippen LogP contribution in [0.4, 0.5) is 34.1 Å². The SMILES string of the molecule is c1ccc(-c2ccc(N(c3ccccc3)c3cccc4c3[C@]3(CCc5cccc(N(c6ccccc6)c6ccccc6)c53)CC4)cc2)cc1. The highest BCUT2D eigenvalue weighted by Crippen LogP contribution is 2.59. The first-order valence-corrected chi connectivity index (χ1v) is 17.5. The molecule has 0 bridgehead atoms. The molecule has 9 rings (SSSR count). The molecule has 2 heteroatoms. The highest BCUT2D eigenvalue weighted by molar-refractivity contribution is 5.86. The molecule has 0 aromatic heterocycles. The monoisotopic (exact) mass is 630 g/mol. The third-order valence-electron chi connectivity index (χ3n) is 10.6. The highest BCUT2D eigenvalue weighted by Gasteiger charge is 2.49. The summed E-state index contributed by atoms with van der Waals surface area (Å²) in [6.07, 6.45) is 4.36. The van der Waals surface area contributed by atoms with Gasteiger partial charge in [-0.3, -0.25) is 0 Å². The van der Waals surface area contributed by atoms with Gasteiger partial charge in [-0.25, -0.2) is 0 Å². The molecular weight excluding hydrogens is 593 g/mol. The van der Waals surface area contributed by atoms with E-state index in [1.165, 1.54) is 67.5 Å². The lowest BCUT2D eigenvalue weighted by atomic mass is 9.74. The summed E-state index contributed by atoms with van der Waals surface area (Å²) in [4.78, 5) is 4.97. The van der Waals surface area contributed by atoms with Gasteiger partial charge in [0.1, 0.15) is 0 Å². The van der Waals surface area contributed by atoms with Crippen LogP contribution in [-0.4, -0.2) is 0 Å². The van der Waals surface area contributed by atoms with Gasteiger partial charge >= 0.3 is 0 Å². The largest absolute Gasteiger partial charge is 0.310 e. The fraction of sp³-hybridized carbons (Fsp3) is 0.106. The van der Waals surface area contributed by atoms with E-state index in [0.29, 0.717) is 0 Å². The molecule has 7 aromatic rings. The Kier molecular flexibility index (Phi) is 7.35. The maximum Gasteiger partial charge on any atom is 0.0505 e. The van der Waals surface area contributed by atoms with Crippen molar-refractivity contribution >= 4 is 34.1 Å². The van der Waals surface area contributed by atoms with Crippen molar-refractivity contribution in [2.24, 2.45) is 0 Å². The summed E-state index contributed by atoms with van der Waals surface area (Å²) in [5, 5.41) is 0. The zero-order valence-electron chi connectivity index (χ0n) is 27.5. The van der Waals surface area contributed by atoms with Crippen LogP contribution in [0.15, 0.2) is 182 Å². The number of benzene rings is 7. The van der Waals surface area contributed by atoms with Gasteiger partial charge < -0.3 is 9.80 Å². The molecule has 1 atom stereocenters. The van der Waals surface area contributed by atoms with Gasteiger partial charge in [-0.15, -0.1) is 0 Å². The van der Waals surface area contributed by atoms with Crippen LogP contribution in [0.3, 0.4) is 0 Å². The molecule has 0 N–H and O–H groups in total. The number of rotatable bonds is 7. The van der Waals surface area contributed by atoms with E-state index in [1.54, 1.807) is 0 Å². The third-order valence-corrected chi connectivity index (χ3v) is 10.6. The second-order valence-electron chi connectivity index (χ2n) is 13.3. The van der Waals surface area contributed by atoms with E-state index < -0.39 is 0 Å². The van der Waals surface area contributed by atoms with Gasteiger partial charge in [-0.2, -0.15) is 0 Å². The molecule has 0 heterocycles. The number of para-hydroxylation sites is 3. The Labute approximate surface area is 289 Å². The van der Waals surface area contributed by atoms with E-state index in [4.69, 9.17) is 0 Å². The minimum atomic E-state index is -0.101. The van der Waals surface area contributed by atoms with Gasteiger partial charge in [0, 0.05) is 28.2 Å². The number of fused-ring (bicyclic) bond motifs is 4. The summed E-state index contributed by atoms with van der Waals surface area (Å²) >= 11 is 0. The molecule has 2 nitrogen and oxygen atoms in total. The standard InChI is InChI=1S/C47H38N2/c1-5-15-35(16-6-1)36-27-29-42(30-28-36)49(41-23-11-4-12-24-41)44-26-14-18-38-32-34-47(46(38)44)33-31-37-17-13-25-43(45(37)47)48(39-19-7-2-8-20-39)40-21-9-3-10-22-40/h1-30H,31-34H2/t47-/m1/s1. The molecule has 0 saturated heterocycles. The maximum atomic E-state index is 2.49.